The molecule has 26 heavy (non-hydrogen) atoms. The zero-order valence-electron chi connectivity index (χ0n) is 15.7. The number of methoxy groups -OCH3 is 1. The monoisotopic (exact) mass is 391 g/mol. The molecule has 0 saturated carbocycles. The number of anilines is 1. The molecular formula is C16H26FN3O5S. The molecule has 2 heterocycles. The maximum atomic E-state index is 13.4. The fraction of sp³-hybridized carbons (Fsp3) is 0.750. The molecule has 10 heteroatoms. The molecule has 1 aliphatic heterocycles. The maximum absolute atomic E-state index is 13.4. The molecule has 1 N–H and O–H groups in total. The number of hydrogen-bond acceptors (Lipinski definition) is 6. The van der Waals surface area contributed by atoms with Crippen LogP contribution < -0.4 is 5.32 Å². The summed E-state index contributed by atoms with van der Waals surface area (Å²) >= 11 is 0. The van der Waals surface area contributed by atoms with E-state index in [0.717, 1.165) is 4.31 Å². The summed E-state index contributed by atoms with van der Waals surface area (Å²) in [6.07, 6.45) is -1.07. The second-order valence-electron chi connectivity index (χ2n) is 7.61. The van der Waals surface area contributed by atoms with Crippen LogP contribution in [0, 0.1) is 0 Å². The molecule has 1 amide bonds. The highest BCUT2D eigenvalue weighted by Crippen LogP contribution is 2.29. The van der Waals surface area contributed by atoms with Gasteiger partial charge in [0, 0.05) is 31.7 Å². The van der Waals surface area contributed by atoms with Crippen LogP contribution in [0.5, 0.6) is 0 Å². The Hall–Kier alpha value is -1.52. The largest absolute Gasteiger partial charge is 0.384 e. The fourth-order valence-corrected chi connectivity index (χ4v) is 4.33. The first-order chi connectivity index (χ1) is 11.9. The van der Waals surface area contributed by atoms with Gasteiger partial charge in [0.05, 0.1) is 12.3 Å². The van der Waals surface area contributed by atoms with Crippen LogP contribution in [0.25, 0.3) is 0 Å². The van der Waals surface area contributed by atoms with Crippen LogP contribution >= 0.6 is 0 Å². The molecule has 0 radical (unpaired) electrons. The predicted octanol–water partition coefficient (Wildman–Crippen LogP) is 1.69. The minimum Gasteiger partial charge on any atom is -0.384 e. The number of nitrogens with zero attached hydrogens (tertiary/aromatic N) is 2. The molecule has 0 spiro atoms. The number of aromatic nitrogens is 1. The van der Waals surface area contributed by atoms with E-state index in [1.807, 2.05) is 13.8 Å². The Morgan fingerprint density at radius 3 is 2.65 bits per heavy atom. The van der Waals surface area contributed by atoms with Gasteiger partial charge in [0.2, 0.25) is 21.8 Å². The van der Waals surface area contributed by atoms with Gasteiger partial charge >= 0.3 is 0 Å². The van der Waals surface area contributed by atoms with Crippen molar-refractivity contribution in [2.24, 2.45) is 0 Å². The molecule has 1 fully saturated rings. The molecule has 0 bridgehead atoms. The molecule has 148 valence electrons. The summed E-state index contributed by atoms with van der Waals surface area (Å²) in [5.74, 6) is -0.728. The van der Waals surface area contributed by atoms with Crippen molar-refractivity contribution in [1.29, 1.82) is 0 Å². The Bertz CT molecular complexity index is 760. The molecule has 1 atom stereocenters. The lowest BCUT2D eigenvalue weighted by Gasteiger charge is -2.28. The van der Waals surface area contributed by atoms with Crippen molar-refractivity contribution in [3.8, 4) is 0 Å². The Balaban J connectivity index is 2.15. The number of amides is 1. The quantitative estimate of drug-likeness (QED) is 0.759. The van der Waals surface area contributed by atoms with Crippen molar-refractivity contribution in [2.75, 3.05) is 32.1 Å². The zero-order valence-corrected chi connectivity index (χ0v) is 16.5. The fourth-order valence-electron chi connectivity index (χ4n) is 2.70. The molecule has 1 aromatic heterocycles. The number of nitrogens with one attached hydrogen (secondary N) is 1. The Morgan fingerprint density at radius 2 is 2.12 bits per heavy atom. The number of halogens is 1. The average molecular weight is 391 g/mol. The van der Waals surface area contributed by atoms with E-state index in [1.165, 1.54) is 19.9 Å². The van der Waals surface area contributed by atoms with Gasteiger partial charge in [0.15, 0.2) is 4.75 Å². The van der Waals surface area contributed by atoms with Crippen LogP contribution in [-0.4, -0.2) is 61.5 Å². The number of hydrogen-bond donors (Lipinski definition) is 1. The second-order valence-corrected chi connectivity index (χ2v) is 10.1. The summed E-state index contributed by atoms with van der Waals surface area (Å²) in [4.78, 5) is 12.6. The van der Waals surface area contributed by atoms with E-state index >= 15 is 0 Å². The van der Waals surface area contributed by atoms with Crippen molar-refractivity contribution in [3.63, 3.8) is 0 Å². The summed E-state index contributed by atoms with van der Waals surface area (Å²) in [7, 11) is -2.45. The number of alkyl halides is 1. The molecule has 0 aromatic carbocycles. The SMILES string of the molecule is COCC(C)(C)c1cc(NC(=O)C(C)(C)S(=O)(=O)N2CC[C@@H](F)C2)on1. The zero-order chi connectivity index (χ0) is 19.8. The first-order valence-corrected chi connectivity index (χ1v) is 9.77. The molecule has 0 unspecified atom stereocenters. The van der Waals surface area contributed by atoms with E-state index in [0.29, 0.717) is 12.3 Å². The smallest absolute Gasteiger partial charge is 0.249 e. The molecule has 0 aliphatic carbocycles. The highest BCUT2D eigenvalue weighted by molar-refractivity contribution is 7.91. The number of ether oxygens (including phenoxy) is 1. The Labute approximate surface area is 153 Å². The van der Waals surface area contributed by atoms with Crippen LogP contribution in [0.1, 0.15) is 39.8 Å². The number of rotatable bonds is 7. The molecule has 2 rings (SSSR count). The van der Waals surface area contributed by atoms with Gasteiger partial charge < -0.3 is 9.26 Å². The minimum absolute atomic E-state index is 0.0437. The number of carbonyl (C=O) groups excluding carboxylic acids is 1. The van der Waals surface area contributed by atoms with E-state index in [9.17, 15) is 17.6 Å². The minimum atomic E-state index is -4.02. The molecule has 8 nitrogen and oxygen atoms in total. The number of carbonyl (C=O) groups is 1. The highest BCUT2D eigenvalue weighted by atomic mass is 32.2. The Morgan fingerprint density at radius 1 is 1.46 bits per heavy atom. The van der Waals surface area contributed by atoms with E-state index in [4.69, 9.17) is 9.26 Å². The number of sulfonamides is 1. The lowest BCUT2D eigenvalue weighted by molar-refractivity contribution is -0.118. The normalized spacial score (nSPS) is 19.7. The van der Waals surface area contributed by atoms with Gasteiger partial charge in [-0.2, -0.15) is 4.31 Å². The van der Waals surface area contributed by atoms with Crippen molar-refractivity contribution >= 4 is 21.8 Å². The van der Waals surface area contributed by atoms with Crippen molar-refractivity contribution in [3.05, 3.63) is 11.8 Å². The van der Waals surface area contributed by atoms with Crippen LogP contribution in [-0.2, 0) is 25.0 Å². The molecule has 1 aliphatic rings. The van der Waals surface area contributed by atoms with Crippen LogP contribution in [0.3, 0.4) is 0 Å². The third-order valence-electron chi connectivity index (χ3n) is 4.57. The van der Waals surface area contributed by atoms with Crippen LogP contribution in [0.4, 0.5) is 10.3 Å². The van der Waals surface area contributed by atoms with Gasteiger partial charge in [-0.3, -0.25) is 10.1 Å². The first-order valence-electron chi connectivity index (χ1n) is 8.33. The van der Waals surface area contributed by atoms with Crippen LogP contribution in [0.15, 0.2) is 10.6 Å². The van der Waals surface area contributed by atoms with Gasteiger partial charge in [0.1, 0.15) is 6.17 Å². The summed E-state index contributed by atoms with van der Waals surface area (Å²) in [6.45, 7) is 6.61. The maximum Gasteiger partial charge on any atom is 0.249 e. The standard InChI is InChI=1S/C16H26FN3O5S/c1-15(2,10-24-5)12-8-13(25-19-12)18-14(21)16(3,4)26(22,23)20-7-6-11(17)9-20/h8,11H,6-7,9-10H2,1-5H3,(H,18,21)/t11-/m1/s1. The Kier molecular flexibility index (Phi) is 5.79. The summed E-state index contributed by atoms with van der Waals surface area (Å²) < 4.78 is 48.3. The summed E-state index contributed by atoms with van der Waals surface area (Å²) in [6, 6.07) is 1.53. The van der Waals surface area contributed by atoms with Gasteiger partial charge in [-0.1, -0.05) is 19.0 Å². The third-order valence-corrected chi connectivity index (χ3v) is 7.06. The molecular weight excluding hydrogens is 365 g/mol. The van der Waals surface area contributed by atoms with E-state index in [2.05, 4.69) is 10.5 Å². The lowest BCUT2D eigenvalue weighted by atomic mass is 9.90. The summed E-state index contributed by atoms with van der Waals surface area (Å²) in [5, 5.41) is 6.36. The van der Waals surface area contributed by atoms with Gasteiger partial charge in [0.25, 0.3) is 0 Å². The van der Waals surface area contributed by atoms with E-state index < -0.39 is 32.3 Å². The highest BCUT2D eigenvalue weighted by Gasteiger charge is 2.48. The average Bonchev–Trinajstić information content (AvgIpc) is 3.16. The third kappa shape index (κ3) is 3.91. The van der Waals surface area contributed by atoms with E-state index in [1.54, 1.807) is 7.11 Å². The second kappa shape index (κ2) is 7.24. The van der Waals surface area contributed by atoms with Gasteiger partial charge in [-0.25, -0.2) is 12.8 Å². The topological polar surface area (TPSA) is 102 Å². The van der Waals surface area contributed by atoms with Crippen LogP contribution in [0.2, 0.25) is 0 Å². The van der Waals surface area contributed by atoms with E-state index in [-0.39, 0.29) is 25.4 Å². The van der Waals surface area contributed by atoms with Crippen molar-refractivity contribution in [2.45, 2.75) is 50.4 Å². The van der Waals surface area contributed by atoms with Gasteiger partial charge in [-0.15, -0.1) is 0 Å². The lowest BCUT2D eigenvalue weighted by Crippen LogP contribution is -2.51. The first kappa shape index (κ1) is 20.8. The molecule has 1 aromatic rings. The van der Waals surface area contributed by atoms with Crippen molar-refractivity contribution < 1.29 is 26.9 Å². The summed E-state index contributed by atoms with van der Waals surface area (Å²) in [5.41, 5.74) is 0.129. The van der Waals surface area contributed by atoms with Crippen molar-refractivity contribution in [1.82, 2.24) is 9.46 Å². The predicted molar refractivity (Wildman–Crippen MR) is 94.1 cm³/mol. The molecule has 1 saturated heterocycles. The van der Waals surface area contributed by atoms with Gasteiger partial charge in [-0.05, 0) is 20.3 Å².